The molecule has 1 aromatic carbocycles. The summed E-state index contributed by atoms with van der Waals surface area (Å²) in [6.45, 7) is 2.64. The Morgan fingerprint density at radius 3 is 2.62 bits per heavy atom. The number of nitrogens with zero attached hydrogens (tertiary/aromatic N) is 3. The Labute approximate surface area is 170 Å². The van der Waals surface area contributed by atoms with Crippen LogP contribution in [0.3, 0.4) is 0 Å². The van der Waals surface area contributed by atoms with Crippen molar-refractivity contribution in [2.75, 3.05) is 45.8 Å². The molecule has 8 heteroatoms. The summed E-state index contributed by atoms with van der Waals surface area (Å²) in [4.78, 5) is 14.5. The van der Waals surface area contributed by atoms with E-state index in [1.54, 1.807) is 31.2 Å². The Morgan fingerprint density at radius 2 is 1.97 bits per heavy atom. The second-order valence-electron chi connectivity index (χ2n) is 7.66. The van der Waals surface area contributed by atoms with Gasteiger partial charge in [0.05, 0.1) is 33.0 Å². The minimum absolute atomic E-state index is 0.0454. The Morgan fingerprint density at radius 1 is 1.24 bits per heavy atom. The first-order chi connectivity index (χ1) is 14.0. The average Bonchev–Trinajstić information content (AvgIpc) is 3.13. The highest BCUT2D eigenvalue weighted by atomic mass is 16.5. The molecule has 1 saturated heterocycles. The highest BCUT2D eigenvalue weighted by molar-refractivity contribution is 5.91. The summed E-state index contributed by atoms with van der Waals surface area (Å²) < 4.78 is 19.0. The van der Waals surface area contributed by atoms with E-state index in [1.165, 1.54) is 11.1 Å². The fraction of sp³-hybridized carbons (Fsp3) is 0.524. The highest BCUT2D eigenvalue weighted by Gasteiger charge is 2.41. The number of nitrogens with one attached hydrogen (secondary N) is 1. The molecular formula is C21H28N4O4. The lowest BCUT2D eigenvalue weighted by atomic mass is 9.79. The molecule has 0 radical (unpaired) electrons. The van der Waals surface area contributed by atoms with Crippen molar-refractivity contribution in [2.24, 2.45) is 7.05 Å². The number of methoxy groups -OCH3 is 2. The number of carbonyl (C=O) groups is 1. The van der Waals surface area contributed by atoms with Crippen LogP contribution in [-0.4, -0.2) is 61.0 Å². The summed E-state index contributed by atoms with van der Waals surface area (Å²) in [5.41, 5.74) is 2.13. The van der Waals surface area contributed by atoms with Gasteiger partial charge in [-0.15, -0.1) is 0 Å². The maximum Gasteiger partial charge on any atom is 0.239 e. The molecule has 1 N–H and O–H groups in total. The van der Waals surface area contributed by atoms with Crippen LogP contribution in [0.2, 0.25) is 0 Å². The zero-order valence-corrected chi connectivity index (χ0v) is 17.2. The first-order valence-corrected chi connectivity index (χ1v) is 9.94. The van der Waals surface area contributed by atoms with Crippen LogP contribution in [0.1, 0.15) is 24.0 Å². The van der Waals surface area contributed by atoms with Gasteiger partial charge in [0.15, 0.2) is 17.3 Å². The summed E-state index contributed by atoms with van der Waals surface area (Å²) >= 11 is 0. The van der Waals surface area contributed by atoms with Crippen molar-refractivity contribution in [3.05, 3.63) is 35.5 Å². The van der Waals surface area contributed by atoms with Gasteiger partial charge in [-0.05, 0) is 42.5 Å². The van der Waals surface area contributed by atoms with Crippen molar-refractivity contribution in [1.82, 2.24) is 14.7 Å². The molecule has 2 aliphatic rings. The van der Waals surface area contributed by atoms with Gasteiger partial charge in [0.2, 0.25) is 5.91 Å². The normalized spacial score (nSPS) is 18.3. The quantitative estimate of drug-likeness (QED) is 0.827. The lowest BCUT2D eigenvalue weighted by molar-refractivity contribution is -0.121. The van der Waals surface area contributed by atoms with Crippen LogP contribution in [0.25, 0.3) is 0 Å². The van der Waals surface area contributed by atoms with Gasteiger partial charge in [-0.1, -0.05) is 0 Å². The third-order valence-electron chi connectivity index (χ3n) is 5.86. The molecule has 0 saturated carbocycles. The highest BCUT2D eigenvalue weighted by Crippen LogP contribution is 2.45. The monoisotopic (exact) mass is 400 g/mol. The number of carbonyl (C=O) groups excluding carboxylic acids is 1. The van der Waals surface area contributed by atoms with Gasteiger partial charge in [-0.2, -0.15) is 5.10 Å². The predicted molar refractivity (Wildman–Crippen MR) is 108 cm³/mol. The van der Waals surface area contributed by atoms with Gasteiger partial charge in [-0.3, -0.25) is 14.4 Å². The molecule has 2 aromatic rings. The number of anilines is 1. The Bertz CT molecular complexity index is 887. The minimum atomic E-state index is -0.318. The van der Waals surface area contributed by atoms with Crippen molar-refractivity contribution >= 4 is 11.7 Å². The number of aromatic nitrogens is 2. The van der Waals surface area contributed by atoms with E-state index in [0.717, 1.165) is 43.9 Å². The van der Waals surface area contributed by atoms with Gasteiger partial charge in [0.1, 0.15) is 0 Å². The molecule has 1 spiro atoms. The molecule has 8 nitrogen and oxygen atoms in total. The van der Waals surface area contributed by atoms with Crippen LogP contribution < -0.4 is 14.8 Å². The topological polar surface area (TPSA) is 77.9 Å². The van der Waals surface area contributed by atoms with Crippen LogP contribution in [0.4, 0.5) is 5.82 Å². The standard InChI is InChI=1S/C21H28N4O4/c1-24-8-4-19(23-24)22-20(26)14-25-9-6-21(7-10-25)16-13-18(28-3)17(27-2)12-15(16)5-11-29-21/h4,8,12-13H,5-7,9-11,14H2,1-3H3,(H,22,23,26). The molecule has 1 aromatic heterocycles. The van der Waals surface area contributed by atoms with E-state index in [-0.39, 0.29) is 11.5 Å². The van der Waals surface area contributed by atoms with Gasteiger partial charge >= 0.3 is 0 Å². The third kappa shape index (κ3) is 3.95. The molecule has 4 rings (SSSR count). The van der Waals surface area contributed by atoms with Crippen molar-refractivity contribution < 1.29 is 19.0 Å². The lowest BCUT2D eigenvalue weighted by Crippen LogP contribution is -2.48. The smallest absolute Gasteiger partial charge is 0.239 e. The SMILES string of the molecule is COc1cc2c(cc1OC)C1(CCN(CC(=O)Nc3ccn(C)n3)CC1)OCC2. The number of likely N-dealkylation sites (tertiary alicyclic amines) is 1. The lowest BCUT2D eigenvalue weighted by Gasteiger charge is -2.45. The number of hydrogen-bond acceptors (Lipinski definition) is 6. The number of ether oxygens (including phenoxy) is 3. The van der Waals surface area contributed by atoms with Crippen molar-refractivity contribution in [3.63, 3.8) is 0 Å². The van der Waals surface area contributed by atoms with Crippen LogP contribution in [0.5, 0.6) is 11.5 Å². The average molecular weight is 400 g/mol. The van der Waals surface area contributed by atoms with E-state index >= 15 is 0 Å². The zero-order valence-electron chi connectivity index (χ0n) is 17.2. The first-order valence-electron chi connectivity index (χ1n) is 9.94. The van der Waals surface area contributed by atoms with Crippen LogP contribution in [0, 0.1) is 0 Å². The largest absolute Gasteiger partial charge is 0.493 e. The molecule has 0 bridgehead atoms. The molecule has 0 unspecified atom stereocenters. The van der Waals surface area contributed by atoms with Gasteiger partial charge in [0.25, 0.3) is 0 Å². The summed E-state index contributed by atoms with van der Waals surface area (Å²) in [6.07, 6.45) is 4.35. The van der Waals surface area contributed by atoms with Crippen LogP contribution >= 0.6 is 0 Å². The maximum atomic E-state index is 12.3. The third-order valence-corrected chi connectivity index (χ3v) is 5.86. The number of rotatable bonds is 5. The van der Waals surface area contributed by atoms with Gasteiger partial charge < -0.3 is 19.5 Å². The number of amides is 1. The summed E-state index contributed by atoms with van der Waals surface area (Å²) in [5, 5.41) is 7.04. The molecule has 0 atom stereocenters. The van der Waals surface area contributed by atoms with E-state index in [1.807, 2.05) is 7.05 Å². The predicted octanol–water partition coefficient (Wildman–Crippen LogP) is 1.94. The minimum Gasteiger partial charge on any atom is -0.493 e. The Hall–Kier alpha value is -2.58. The van der Waals surface area contributed by atoms with Crippen molar-refractivity contribution in [2.45, 2.75) is 24.9 Å². The van der Waals surface area contributed by atoms with E-state index in [9.17, 15) is 4.79 Å². The molecule has 1 fully saturated rings. The Kier molecular flexibility index (Phi) is 5.47. The fourth-order valence-corrected chi connectivity index (χ4v) is 4.34. The molecule has 0 aliphatic carbocycles. The Balaban J connectivity index is 1.43. The van der Waals surface area contributed by atoms with Gasteiger partial charge in [0, 0.05) is 32.4 Å². The second-order valence-corrected chi connectivity index (χ2v) is 7.66. The van der Waals surface area contributed by atoms with E-state index in [2.05, 4.69) is 27.4 Å². The molecule has 2 aliphatic heterocycles. The van der Waals surface area contributed by atoms with E-state index in [4.69, 9.17) is 14.2 Å². The van der Waals surface area contributed by atoms with Gasteiger partial charge in [-0.25, -0.2) is 0 Å². The summed E-state index contributed by atoms with van der Waals surface area (Å²) in [7, 11) is 5.14. The number of piperidine rings is 1. The van der Waals surface area contributed by atoms with E-state index < -0.39 is 0 Å². The van der Waals surface area contributed by atoms with Crippen LogP contribution in [0.15, 0.2) is 24.4 Å². The molecular weight excluding hydrogens is 372 g/mol. The summed E-state index contributed by atoms with van der Waals surface area (Å²) in [5.74, 6) is 2.02. The fourth-order valence-electron chi connectivity index (χ4n) is 4.34. The maximum absolute atomic E-state index is 12.3. The number of benzene rings is 1. The first kappa shape index (κ1) is 19.7. The molecule has 3 heterocycles. The van der Waals surface area contributed by atoms with Crippen LogP contribution in [-0.2, 0) is 28.6 Å². The summed E-state index contributed by atoms with van der Waals surface area (Å²) in [6, 6.07) is 5.93. The molecule has 156 valence electrons. The van der Waals surface area contributed by atoms with Crippen molar-refractivity contribution in [3.8, 4) is 11.5 Å². The second kappa shape index (κ2) is 8.04. The number of hydrogen-bond donors (Lipinski definition) is 1. The van der Waals surface area contributed by atoms with Crippen molar-refractivity contribution in [1.29, 1.82) is 0 Å². The molecule has 29 heavy (non-hydrogen) atoms. The zero-order chi connectivity index (χ0) is 20.4. The number of fused-ring (bicyclic) bond motifs is 2. The van der Waals surface area contributed by atoms with E-state index in [0.29, 0.717) is 19.0 Å². The molecule has 1 amide bonds. The number of aryl methyl sites for hydroxylation is 1.